The Hall–Kier alpha value is -0.190. The van der Waals surface area contributed by atoms with E-state index < -0.39 is 0 Å². The molecule has 13 heavy (non-hydrogen) atoms. The Bertz CT molecular complexity index is 412. The van der Waals surface area contributed by atoms with Crippen LogP contribution in [0, 0.1) is 0 Å². The molecule has 0 amide bonds. The van der Waals surface area contributed by atoms with Crippen LogP contribution < -0.4 is 0 Å². The Morgan fingerprint density at radius 1 is 1.23 bits per heavy atom. The van der Waals surface area contributed by atoms with Crippen LogP contribution in [0.4, 0.5) is 0 Å². The SMILES string of the molecule is Brc1ccnc(-c2ccsc2)c1Br. The number of halogens is 2. The van der Waals surface area contributed by atoms with Crippen molar-refractivity contribution in [3.8, 4) is 11.3 Å². The summed E-state index contributed by atoms with van der Waals surface area (Å²) in [6.07, 6.45) is 1.79. The van der Waals surface area contributed by atoms with Gasteiger partial charge in [-0.2, -0.15) is 11.3 Å². The van der Waals surface area contributed by atoms with Gasteiger partial charge in [-0.15, -0.1) is 0 Å². The highest BCUT2D eigenvalue weighted by Gasteiger charge is 2.06. The van der Waals surface area contributed by atoms with E-state index in [2.05, 4.69) is 48.3 Å². The molecule has 2 heterocycles. The van der Waals surface area contributed by atoms with Crippen LogP contribution >= 0.6 is 43.2 Å². The minimum Gasteiger partial charge on any atom is -0.255 e. The van der Waals surface area contributed by atoms with Crippen LogP contribution in [0.1, 0.15) is 0 Å². The third-order valence-corrected chi connectivity index (χ3v) is 4.32. The third-order valence-electron chi connectivity index (χ3n) is 1.64. The molecule has 0 fully saturated rings. The lowest BCUT2D eigenvalue weighted by Crippen LogP contribution is -1.83. The predicted octanol–water partition coefficient (Wildman–Crippen LogP) is 4.34. The van der Waals surface area contributed by atoms with Crippen LogP contribution in [-0.4, -0.2) is 4.98 Å². The number of hydrogen-bond donors (Lipinski definition) is 0. The Labute approximate surface area is 97.1 Å². The van der Waals surface area contributed by atoms with Gasteiger partial charge in [0.15, 0.2) is 0 Å². The number of nitrogens with zero attached hydrogens (tertiary/aromatic N) is 1. The maximum absolute atomic E-state index is 4.31. The summed E-state index contributed by atoms with van der Waals surface area (Å²) in [5, 5.41) is 4.13. The Balaban J connectivity index is 2.59. The molecule has 2 rings (SSSR count). The summed E-state index contributed by atoms with van der Waals surface area (Å²) >= 11 is 8.62. The molecule has 2 aromatic rings. The second kappa shape index (κ2) is 3.90. The van der Waals surface area contributed by atoms with E-state index >= 15 is 0 Å². The lowest BCUT2D eigenvalue weighted by molar-refractivity contribution is 1.30. The second-order valence-electron chi connectivity index (χ2n) is 2.47. The molecule has 1 nitrogen and oxygen atoms in total. The molecule has 66 valence electrons. The lowest BCUT2D eigenvalue weighted by atomic mass is 10.2. The Morgan fingerprint density at radius 3 is 2.77 bits per heavy atom. The average molecular weight is 319 g/mol. The molecule has 0 atom stereocenters. The fourth-order valence-electron chi connectivity index (χ4n) is 1.02. The highest BCUT2D eigenvalue weighted by atomic mass is 79.9. The van der Waals surface area contributed by atoms with E-state index in [0.717, 1.165) is 20.2 Å². The highest BCUT2D eigenvalue weighted by Crippen LogP contribution is 2.32. The molecule has 0 aliphatic carbocycles. The first-order valence-electron chi connectivity index (χ1n) is 3.61. The van der Waals surface area contributed by atoms with E-state index in [1.54, 1.807) is 17.5 Å². The van der Waals surface area contributed by atoms with E-state index in [-0.39, 0.29) is 0 Å². The van der Waals surface area contributed by atoms with Gasteiger partial charge in [0.05, 0.1) is 10.2 Å². The third kappa shape index (κ3) is 1.85. The van der Waals surface area contributed by atoms with Gasteiger partial charge in [0.1, 0.15) is 0 Å². The summed E-state index contributed by atoms with van der Waals surface area (Å²) in [4.78, 5) is 4.31. The molecule has 0 radical (unpaired) electrons. The molecular formula is C9H5Br2NS. The van der Waals surface area contributed by atoms with E-state index in [4.69, 9.17) is 0 Å². The molecule has 0 spiro atoms. The van der Waals surface area contributed by atoms with Crippen molar-refractivity contribution in [3.05, 3.63) is 38.0 Å². The van der Waals surface area contributed by atoms with Crippen LogP contribution in [0.5, 0.6) is 0 Å². The minimum atomic E-state index is 0.982. The van der Waals surface area contributed by atoms with Crippen molar-refractivity contribution in [2.24, 2.45) is 0 Å². The number of aromatic nitrogens is 1. The Kier molecular flexibility index (Phi) is 2.81. The van der Waals surface area contributed by atoms with Crippen LogP contribution in [0.3, 0.4) is 0 Å². The van der Waals surface area contributed by atoms with Gasteiger partial charge >= 0.3 is 0 Å². The molecule has 0 bridgehead atoms. The first kappa shape index (κ1) is 9.37. The van der Waals surface area contributed by atoms with Crippen LogP contribution in [0.15, 0.2) is 38.0 Å². The monoisotopic (exact) mass is 317 g/mol. The minimum absolute atomic E-state index is 0.982. The van der Waals surface area contributed by atoms with Gasteiger partial charge in [-0.25, -0.2) is 0 Å². The predicted molar refractivity (Wildman–Crippen MR) is 63.0 cm³/mol. The number of thiophene rings is 1. The molecule has 0 aliphatic rings. The first-order valence-corrected chi connectivity index (χ1v) is 6.14. The molecule has 2 aromatic heterocycles. The van der Waals surface area contributed by atoms with Crippen molar-refractivity contribution in [2.45, 2.75) is 0 Å². The topological polar surface area (TPSA) is 12.9 Å². The summed E-state index contributed by atoms with van der Waals surface area (Å²) < 4.78 is 2.04. The zero-order valence-corrected chi connectivity index (χ0v) is 10.5. The van der Waals surface area contributed by atoms with Gasteiger partial charge in [-0.3, -0.25) is 4.98 Å². The smallest absolute Gasteiger partial charge is 0.0863 e. The number of hydrogen-bond acceptors (Lipinski definition) is 2. The normalized spacial score (nSPS) is 10.3. The van der Waals surface area contributed by atoms with Crippen LogP contribution in [-0.2, 0) is 0 Å². The van der Waals surface area contributed by atoms with Crippen molar-refractivity contribution < 1.29 is 0 Å². The fourth-order valence-corrected chi connectivity index (χ4v) is 2.43. The van der Waals surface area contributed by atoms with Gasteiger partial charge in [-0.1, -0.05) is 0 Å². The molecule has 0 N–H and O–H groups in total. The van der Waals surface area contributed by atoms with E-state index in [1.165, 1.54) is 0 Å². The largest absolute Gasteiger partial charge is 0.255 e. The standard InChI is InChI=1S/C9H5Br2NS/c10-7-1-3-12-9(8(7)11)6-2-4-13-5-6/h1-5H. The fraction of sp³-hybridized carbons (Fsp3) is 0. The molecule has 0 aromatic carbocycles. The van der Waals surface area contributed by atoms with Gasteiger partial charge in [0, 0.05) is 21.6 Å². The second-order valence-corrected chi connectivity index (χ2v) is 4.89. The van der Waals surface area contributed by atoms with Gasteiger partial charge < -0.3 is 0 Å². The van der Waals surface area contributed by atoms with Crippen molar-refractivity contribution in [1.29, 1.82) is 0 Å². The lowest BCUT2D eigenvalue weighted by Gasteiger charge is -2.01. The molecule has 0 saturated heterocycles. The van der Waals surface area contributed by atoms with Crippen LogP contribution in [0.2, 0.25) is 0 Å². The average Bonchev–Trinajstić information content (AvgIpc) is 2.62. The first-order chi connectivity index (χ1) is 6.29. The van der Waals surface area contributed by atoms with Crippen LogP contribution in [0.25, 0.3) is 11.3 Å². The van der Waals surface area contributed by atoms with Crippen molar-refractivity contribution in [2.75, 3.05) is 0 Å². The van der Waals surface area contributed by atoms with E-state index in [1.807, 2.05) is 11.4 Å². The summed E-state index contributed by atoms with van der Waals surface area (Å²) in [6.45, 7) is 0. The summed E-state index contributed by atoms with van der Waals surface area (Å²) in [5.41, 5.74) is 2.13. The maximum atomic E-state index is 4.31. The van der Waals surface area contributed by atoms with Crippen molar-refractivity contribution >= 4 is 43.2 Å². The van der Waals surface area contributed by atoms with E-state index in [9.17, 15) is 0 Å². The summed E-state index contributed by atoms with van der Waals surface area (Å²) in [5.74, 6) is 0. The molecule has 0 saturated carbocycles. The molecular weight excluding hydrogens is 314 g/mol. The molecule has 4 heteroatoms. The maximum Gasteiger partial charge on any atom is 0.0863 e. The van der Waals surface area contributed by atoms with Crippen molar-refractivity contribution in [3.63, 3.8) is 0 Å². The van der Waals surface area contributed by atoms with Gasteiger partial charge in [0.25, 0.3) is 0 Å². The van der Waals surface area contributed by atoms with Gasteiger partial charge in [-0.05, 0) is 49.4 Å². The number of rotatable bonds is 1. The van der Waals surface area contributed by atoms with Gasteiger partial charge in [0.2, 0.25) is 0 Å². The zero-order valence-electron chi connectivity index (χ0n) is 6.50. The van der Waals surface area contributed by atoms with Crippen molar-refractivity contribution in [1.82, 2.24) is 4.98 Å². The quantitative estimate of drug-likeness (QED) is 0.762. The van der Waals surface area contributed by atoms with E-state index in [0.29, 0.717) is 0 Å². The molecule has 0 aliphatic heterocycles. The summed E-state index contributed by atoms with van der Waals surface area (Å²) in [7, 11) is 0. The molecule has 0 unspecified atom stereocenters. The zero-order chi connectivity index (χ0) is 9.26. The highest BCUT2D eigenvalue weighted by molar-refractivity contribution is 9.13. The summed E-state index contributed by atoms with van der Waals surface area (Å²) in [6, 6.07) is 3.98. The number of pyridine rings is 1. The Morgan fingerprint density at radius 2 is 2.08 bits per heavy atom.